The Morgan fingerprint density at radius 2 is 1.81 bits per heavy atom. The molecule has 0 atom stereocenters. The molecule has 1 heterocycles. The van der Waals surface area contributed by atoms with Crippen LogP contribution in [0.1, 0.15) is 27.2 Å². The average molecular weight is 366 g/mol. The van der Waals surface area contributed by atoms with Crippen molar-refractivity contribution in [3.63, 3.8) is 0 Å². The van der Waals surface area contributed by atoms with Crippen molar-refractivity contribution in [2.24, 2.45) is 0 Å². The van der Waals surface area contributed by atoms with Crippen LogP contribution in [0.5, 0.6) is 5.75 Å². The van der Waals surface area contributed by atoms with E-state index in [-0.39, 0.29) is 12.5 Å². The summed E-state index contributed by atoms with van der Waals surface area (Å²) in [5.74, 6) is -0.159. The smallest absolute Gasteiger partial charge is 0.355 e. The molecule has 140 valence electrons. The van der Waals surface area contributed by atoms with Gasteiger partial charge in [-0.1, -0.05) is 18.2 Å². The Hall–Kier alpha value is -3.28. The van der Waals surface area contributed by atoms with Gasteiger partial charge in [-0.2, -0.15) is 0 Å². The van der Waals surface area contributed by atoms with Gasteiger partial charge in [0.15, 0.2) is 6.61 Å². The van der Waals surface area contributed by atoms with Crippen LogP contribution < -0.4 is 10.1 Å². The van der Waals surface area contributed by atoms with Crippen molar-refractivity contribution in [3.05, 3.63) is 64.8 Å². The molecule has 0 aliphatic carbocycles. The van der Waals surface area contributed by atoms with Gasteiger partial charge < -0.3 is 19.8 Å². The number of benzene rings is 2. The minimum atomic E-state index is -0.553. The topological polar surface area (TPSA) is 80.4 Å². The molecule has 0 saturated carbocycles. The second kappa shape index (κ2) is 7.95. The molecule has 0 aliphatic heterocycles. The summed E-state index contributed by atoms with van der Waals surface area (Å²) in [6.07, 6.45) is 0. The van der Waals surface area contributed by atoms with E-state index in [0.717, 1.165) is 33.3 Å². The van der Waals surface area contributed by atoms with Gasteiger partial charge in [0.2, 0.25) is 0 Å². The van der Waals surface area contributed by atoms with Gasteiger partial charge in [0, 0.05) is 17.4 Å². The highest BCUT2D eigenvalue weighted by Crippen LogP contribution is 2.21. The molecular weight excluding hydrogens is 344 g/mol. The summed E-state index contributed by atoms with van der Waals surface area (Å²) in [4.78, 5) is 27.2. The zero-order valence-corrected chi connectivity index (χ0v) is 15.6. The summed E-state index contributed by atoms with van der Waals surface area (Å²) < 4.78 is 10.2. The number of carbonyl (C=O) groups excluding carboxylic acids is 2. The molecule has 0 bridgehead atoms. The zero-order valence-electron chi connectivity index (χ0n) is 15.6. The van der Waals surface area contributed by atoms with Crippen LogP contribution in [0.25, 0.3) is 10.9 Å². The largest absolute Gasteiger partial charge is 0.497 e. The summed E-state index contributed by atoms with van der Waals surface area (Å²) in [5.41, 5.74) is 4.33. The number of esters is 1. The highest BCUT2D eigenvalue weighted by atomic mass is 16.5. The van der Waals surface area contributed by atoms with Crippen LogP contribution in [0.2, 0.25) is 0 Å². The fraction of sp³-hybridized carbons (Fsp3) is 0.238. The predicted molar refractivity (Wildman–Crippen MR) is 103 cm³/mol. The number of methoxy groups -OCH3 is 1. The van der Waals surface area contributed by atoms with Gasteiger partial charge in [0.1, 0.15) is 11.4 Å². The van der Waals surface area contributed by atoms with Crippen molar-refractivity contribution in [2.45, 2.75) is 20.4 Å². The van der Waals surface area contributed by atoms with Crippen LogP contribution in [0.15, 0.2) is 42.5 Å². The number of hydrogen-bond donors (Lipinski definition) is 2. The van der Waals surface area contributed by atoms with Crippen LogP contribution >= 0.6 is 0 Å². The van der Waals surface area contributed by atoms with E-state index in [1.54, 1.807) is 13.2 Å². The van der Waals surface area contributed by atoms with Gasteiger partial charge in [0.25, 0.3) is 5.91 Å². The third kappa shape index (κ3) is 4.47. The molecule has 3 rings (SSSR count). The van der Waals surface area contributed by atoms with Crippen molar-refractivity contribution >= 4 is 22.8 Å². The first-order valence-electron chi connectivity index (χ1n) is 8.63. The highest BCUT2D eigenvalue weighted by Gasteiger charge is 2.14. The fourth-order valence-corrected chi connectivity index (χ4v) is 2.91. The van der Waals surface area contributed by atoms with Crippen molar-refractivity contribution in [2.75, 3.05) is 13.7 Å². The quantitative estimate of drug-likeness (QED) is 0.656. The van der Waals surface area contributed by atoms with Crippen molar-refractivity contribution in [1.29, 1.82) is 0 Å². The minimum Gasteiger partial charge on any atom is -0.497 e. The third-order valence-electron chi connectivity index (χ3n) is 4.29. The Morgan fingerprint density at radius 1 is 1.07 bits per heavy atom. The van der Waals surface area contributed by atoms with Crippen LogP contribution in [0.4, 0.5) is 0 Å². The second-order valence-electron chi connectivity index (χ2n) is 6.43. The van der Waals surface area contributed by atoms with Crippen molar-refractivity contribution < 1.29 is 19.1 Å². The van der Waals surface area contributed by atoms with Crippen LogP contribution in [-0.4, -0.2) is 30.6 Å². The molecular formula is C21H22N2O4. The summed E-state index contributed by atoms with van der Waals surface area (Å²) >= 11 is 0. The molecule has 0 saturated heterocycles. The zero-order chi connectivity index (χ0) is 19.4. The number of hydrogen-bond acceptors (Lipinski definition) is 4. The normalized spacial score (nSPS) is 10.6. The Balaban J connectivity index is 1.53. The molecule has 2 N–H and O–H groups in total. The number of fused-ring (bicyclic) bond motifs is 1. The summed E-state index contributed by atoms with van der Waals surface area (Å²) in [6.45, 7) is 4.01. The Morgan fingerprint density at radius 3 is 2.52 bits per heavy atom. The lowest BCUT2D eigenvalue weighted by Gasteiger charge is -2.07. The molecule has 2 aromatic carbocycles. The summed E-state index contributed by atoms with van der Waals surface area (Å²) in [5, 5.41) is 3.69. The molecule has 0 radical (unpaired) electrons. The maximum Gasteiger partial charge on any atom is 0.355 e. The van der Waals surface area contributed by atoms with E-state index in [1.165, 1.54) is 0 Å². The number of rotatable bonds is 6. The fourth-order valence-electron chi connectivity index (χ4n) is 2.91. The van der Waals surface area contributed by atoms with Crippen molar-refractivity contribution in [1.82, 2.24) is 10.3 Å². The van der Waals surface area contributed by atoms with Crippen LogP contribution in [0.3, 0.4) is 0 Å². The van der Waals surface area contributed by atoms with E-state index in [1.807, 2.05) is 44.2 Å². The third-order valence-corrected chi connectivity index (χ3v) is 4.29. The summed E-state index contributed by atoms with van der Waals surface area (Å²) in [6, 6.07) is 13.1. The minimum absolute atomic E-state index is 0.331. The lowest BCUT2D eigenvalue weighted by Crippen LogP contribution is -2.28. The maximum absolute atomic E-state index is 12.2. The van der Waals surface area contributed by atoms with E-state index in [2.05, 4.69) is 16.4 Å². The average Bonchev–Trinajstić information content (AvgIpc) is 3.09. The molecule has 0 aliphatic rings. The molecule has 6 nitrogen and oxygen atoms in total. The summed E-state index contributed by atoms with van der Waals surface area (Å²) in [7, 11) is 1.60. The molecule has 0 unspecified atom stereocenters. The molecule has 1 amide bonds. The molecule has 27 heavy (non-hydrogen) atoms. The van der Waals surface area contributed by atoms with E-state index in [4.69, 9.17) is 9.47 Å². The van der Waals surface area contributed by atoms with E-state index in [0.29, 0.717) is 12.2 Å². The molecule has 0 fully saturated rings. The standard InChI is InChI=1S/C21H22N2O4/c1-13-8-14(2)17-10-19(23-18(17)9-13)21(25)27-12-20(24)22-11-15-4-6-16(26-3)7-5-15/h4-10,23H,11-12H2,1-3H3,(H,22,24). The second-order valence-corrected chi connectivity index (χ2v) is 6.43. The molecule has 6 heteroatoms. The SMILES string of the molecule is COc1ccc(CNC(=O)COC(=O)c2cc3c(C)cc(C)cc3[nH]2)cc1. The molecule has 3 aromatic rings. The number of ether oxygens (including phenoxy) is 2. The lowest BCUT2D eigenvalue weighted by molar-refractivity contribution is -0.124. The van der Waals surface area contributed by atoms with Crippen molar-refractivity contribution in [3.8, 4) is 5.75 Å². The Bertz CT molecular complexity index is 974. The maximum atomic E-state index is 12.2. The highest BCUT2D eigenvalue weighted by molar-refractivity contribution is 5.96. The number of H-pyrrole nitrogens is 1. The molecule has 1 aromatic heterocycles. The predicted octanol–water partition coefficient (Wildman–Crippen LogP) is 3.27. The number of amides is 1. The lowest BCUT2D eigenvalue weighted by atomic mass is 10.1. The number of aryl methyl sites for hydroxylation is 2. The van der Waals surface area contributed by atoms with Gasteiger partial charge in [-0.3, -0.25) is 4.79 Å². The van der Waals surface area contributed by atoms with Gasteiger partial charge in [-0.05, 0) is 54.8 Å². The van der Waals surface area contributed by atoms with E-state index < -0.39 is 5.97 Å². The van der Waals surface area contributed by atoms with Crippen LogP contribution in [-0.2, 0) is 16.1 Å². The van der Waals surface area contributed by atoms with Gasteiger partial charge in [-0.15, -0.1) is 0 Å². The Kier molecular flexibility index (Phi) is 5.45. The number of aromatic nitrogens is 1. The first-order chi connectivity index (χ1) is 13.0. The van der Waals surface area contributed by atoms with Gasteiger partial charge in [0.05, 0.1) is 7.11 Å². The van der Waals surface area contributed by atoms with Crippen LogP contribution in [0, 0.1) is 13.8 Å². The van der Waals surface area contributed by atoms with E-state index >= 15 is 0 Å². The van der Waals surface area contributed by atoms with E-state index in [9.17, 15) is 9.59 Å². The first kappa shape index (κ1) is 18.5. The molecule has 0 spiro atoms. The van der Waals surface area contributed by atoms with Gasteiger partial charge >= 0.3 is 5.97 Å². The Labute approximate surface area is 157 Å². The number of nitrogens with one attached hydrogen (secondary N) is 2. The number of aromatic amines is 1. The monoisotopic (exact) mass is 366 g/mol. The first-order valence-corrected chi connectivity index (χ1v) is 8.63. The number of carbonyl (C=O) groups is 2. The van der Waals surface area contributed by atoms with Gasteiger partial charge in [-0.25, -0.2) is 4.79 Å².